The number of rotatable bonds is 2. The van der Waals surface area contributed by atoms with Crippen molar-refractivity contribution in [2.45, 2.75) is 38.1 Å². The van der Waals surface area contributed by atoms with Gasteiger partial charge in [-0.1, -0.05) is 37.3 Å². The number of nitrogens with zero attached hydrogens (tertiary/aromatic N) is 1. The average molecular weight is 263 g/mol. The fourth-order valence-electron chi connectivity index (χ4n) is 2.80. The molecule has 1 aliphatic rings. The molecule has 0 aromatic heterocycles. The third-order valence-electron chi connectivity index (χ3n) is 3.86. The fraction of sp³-hybridized carbons (Fsp3) is 0.533. The van der Waals surface area contributed by atoms with Crippen LogP contribution in [0.5, 0.6) is 0 Å². The SMILES string of the molecule is COC(=S)N1CCCCC1C(C)c1ccccc1. The second-order valence-corrected chi connectivity index (χ2v) is 5.28. The first-order valence-corrected chi connectivity index (χ1v) is 7.04. The molecule has 98 valence electrons. The molecule has 3 heteroatoms. The van der Waals surface area contributed by atoms with Gasteiger partial charge in [0, 0.05) is 18.5 Å². The van der Waals surface area contributed by atoms with Gasteiger partial charge in [-0.25, -0.2) is 0 Å². The highest BCUT2D eigenvalue weighted by molar-refractivity contribution is 7.80. The van der Waals surface area contributed by atoms with Crippen LogP contribution in [0.3, 0.4) is 0 Å². The van der Waals surface area contributed by atoms with Crippen molar-refractivity contribution < 1.29 is 4.74 Å². The maximum Gasteiger partial charge on any atom is 0.259 e. The quantitative estimate of drug-likeness (QED) is 0.757. The van der Waals surface area contributed by atoms with Gasteiger partial charge < -0.3 is 9.64 Å². The Labute approximate surface area is 115 Å². The maximum absolute atomic E-state index is 5.33. The zero-order valence-electron chi connectivity index (χ0n) is 11.1. The standard InChI is InChI=1S/C15H21NOS/c1-12(13-8-4-3-5-9-13)14-10-6-7-11-16(14)15(18)17-2/h3-5,8-9,12,14H,6-7,10-11H2,1-2H3. The highest BCUT2D eigenvalue weighted by Gasteiger charge is 2.30. The monoisotopic (exact) mass is 263 g/mol. The summed E-state index contributed by atoms with van der Waals surface area (Å²) in [6.07, 6.45) is 3.69. The van der Waals surface area contributed by atoms with Crippen LogP contribution in [0, 0.1) is 0 Å². The lowest BCUT2D eigenvalue weighted by molar-refractivity contribution is 0.176. The smallest absolute Gasteiger partial charge is 0.259 e. The number of ether oxygens (including phenoxy) is 1. The topological polar surface area (TPSA) is 12.5 Å². The number of thiocarbonyl (C=S) groups is 1. The summed E-state index contributed by atoms with van der Waals surface area (Å²) in [6, 6.07) is 11.1. The first kappa shape index (κ1) is 13.3. The van der Waals surface area contributed by atoms with E-state index in [4.69, 9.17) is 17.0 Å². The van der Waals surface area contributed by atoms with Crippen LogP contribution in [0.2, 0.25) is 0 Å². The minimum absolute atomic E-state index is 0.466. The molecular formula is C15H21NOS. The first-order valence-electron chi connectivity index (χ1n) is 6.63. The summed E-state index contributed by atoms with van der Waals surface area (Å²) in [5, 5.41) is 0.641. The van der Waals surface area contributed by atoms with Crippen LogP contribution in [0.1, 0.15) is 37.7 Å². The number of hydrogen-bond acceptors (Lipinski definition) is 2. The van der Waals surface area contributed by atoms with E-state index in [1.165, 1.54) is 24.8 Å². The first-order chi connectivity index (χ1) is 8.74. The Kier molecular flexibility index (Phi) is 4.59. The molecule has 2 rings (SSSR count). The van der Waals surface area contributed by atoms with Crippen molar-refractivity contribution in [1.29, 1.82) is 0 Å². The Hall–Kier alpha value is -1.09. The molecule has 0 amide bonds. The van der Waals surface area contributed by atoms with E-state index in [2.05, 4.69) is 42.2 Å². The van der Waals surface area contributed by atoms with Crippen molar-refractivity contribution in [3.8, 4) is 0 Å². The summed E-state index contributed by atoms with van der Waals surface area (Å²) >= 11 is 5.33. The van der Waals surface area contributed by atoms with Gasteiger partial charge in [-0.15, -0.1) is 0 Å². The van der Waals surface area contributed by atoms with Gasteiger partial charge in [0.1, 0.15) is 0 Å². The summed E-state index contributed by atoms with van der Waals surface area (Å²) in [7, 11) is 1.67. The van der Waals surface area contributed by atoms with Crippen LogP contribution < -0.4 is 0 Å². The van der Waals surface area contributed by atoms with Crippen molar-refractivity contribution in [1.82, 2.24) is 4.90 Å². The zero-order chi connectivity index (χ0) is 13.0. The predicted molar refractivity (Wildman–Crippen MR) is 78.8 cm³/mol. The summed E-state index contributed by atoms with van der Waals surface area (Å²) in [5.74, 6) is 0.486. The van der Waals surface area contributed by atoms with Crippen LogP contribution in [0.25, 0.3) is 0 Å². The Morgan fingerprint density at radius 3 is 2.72 bits per heavy atom. The van der Waals surface area contributed by atoms with Crippen molar-refractivity contribution in [2.24, 2.45) is 0 Å². The molecule has 2 unspecified atom stereocenters. The maximum atomic E-state index is 5.33. The van der Waals surface area contributed by atoms with E-state index in [-0.39, 0.29) is 0 Å². The molecule has 1 heterocycles. The number of likely N-dealkylation sites (tertiary alicyclic amines) is 1. The van der Waals surface area contributed by atoms with E-state index in [0.29, 0.717) is 17.1 Å². The van der Waals surface area contributed by atoms with Gasteiger partial charge >= 0.3 is 0 Å². The minimum atomic E-state index is 0.466. The highest BCUT2D eigenvalue weighted by atomic mass is 32.1. The van der Waals surface area contributed by atoms with Gasteiger partial charge in [0.2, 0.25) is 0 Å². The van der Waals surface area contributed by atoms with E-state index < -0.39 is 0 Å². The van der Waals surface area contributed by atoms with E-state index >= 15 is 0 Å². The molecule has 1 aromatic carbocycles. The summed E-state index contributed by atoms with van der Waals surface area (Å²) in [5.41, 5.74) is 1.38. The van der Waals surface area contributed by atoms with Crippen molar-refractivity contribution >= 4 is 17.4 Å². The molecule has 0 N–H and O–H groups in total. The number of piperidine rings is 1. The lowest BCUT2D eigenvalue weighted by Crippen LogP contribution is -2.46. The van der Waals surface area contributed by atoms with Crippen molar-refractivity contribution in [2.75, 3.05) is 13.7 Å². The van der Waals surface area contributed by atoms with E-state index in [9.17, 15) is 0 Å². The molecular weight excluding hydrogens is 242 g/mol. The van der Waals surface area contributed by atoms with Gasteiger partial charge in [0.05, 0.1) is 7.11 Å². The minimum Gasteiger partial charge on any atom is -0.474 e. The lowest BCUT2D eigenvalue weighted by atomic mass is 9.87. The summed E-state index contributed by atoms with van der Waals surface area (Å²) < 4.78 is 5.26. The molecule has 18 heavy (non-hydrogen) atoms. The van der Waals surface area contributed by atoms with E-state index in [0.717, 1.165) is 6.54 Å². The largest absolute Gasteiger partial charge is 0.474 e. The summed E-state index contributed by atoms with van der Waals surface area (Å²) in [6.45, 7) is 3.31. The van der Waals surface area contributed by atoms with Gasteiger partial charge in [0.15, 0.2) is 0 Å². The molecule has 1 saturated heterocycles. The second-order valence-electron chi connectivity index (χ2n) is 4.93. The van der Waals surface area contributed by atoms with E-state index in [1.54, 1.807) is 7.11 Å². The van der Waals surface area contributed by atoms with E-state index in [1.807, 2.05) is 0 Å². The third-order valence-corrected chi connectivity index (χ3v) is 4.26. The van der Waals surface area contributed by atoms with Gasteiger partial charge in [0.25, 0.3) is 5.17 Å². The van der Waals surface area contributed by atoms with Crippen LogP contribution in [0.15, 0.2) is 30.3 Å². The normalized spacial score (nSPS) is 21.4. The molecule has 0 radical (unpaired) electrons. The van der Waals surface area contributed by atoms with Crippen molar-refractivity contribution in [3.63, 3.8) is 0 Å². The number of benzene rings is 1. The Balaban J connectivity index is 2.16. The average Bonchev–Trinajstić information content (AvgIpc) is 2.46. The van der Waals surface area contributed by atoms with Gasteiger partial charge in [-0.3, -0.25) is 0 Å². The molecule has 0 spiro atoms. The molecule has 1 aliphatic heterocycles. The molecule has 1 aromatic rings. The van der Waals surface area contributed by atoms with Gasteiger partial charge in [-0.2, -0.15) is 0 Å². The number of methoxy groups -OCH3 is 1. The third kappa shape index (κ3) is 2.83. The second kappa shape index (κ2) is 6.19. The zero-order valence-corrected chi connectivity index (χ0v) is 12.0. The van der Waals surface area contributed by atoms with Crippen LogP contribution >= 0.6 is 12.2 Å². The van der Waals surface area contributed by atoms with Crippen LogP contribution in [-0.4, -0.2) is 29.8 Å². The Morgan fingerprint density at radius 1 is 1.33 bits per heavy atom. The molecule has 1 fully saturated rings. The van der Waals surface area contributed by atoms with Crippen LogP contribution in [-0.2, 0) is 4.74 Å². The lowest BCUT2D eigenvalue weighted by Gasteiger charge is -2.40. The molecule has 2 atom stereocenters. The highest BCUT2D eigenvalue weighted by Crippen LogP contribution is 2.30. The van der Waals surface area contributed by atoms with Crippen molar-refractivity contribution in [3.05, 3.63) is 35.9 Å². The van der Waals surface area contributed by atoms with Gasteiger partial charge in [-0.05, 0) is 37.0 Å². The Bertz CT molecular complexity index is 393. The molecule has 0 bridgehead atoms. The number of hydrogen-bond donors (Lipinski definition) is 0. The predicted octanol–water partition coefficient (Wildman–Crippen LogP) is 3.58. The summed E-state index contributed by atoms with van der Waals surface area (Å²) in [4.78, 5) is 2.26. The fourth-order valence-corrected chi connectivity index (χ4v) is 3.03. The Morgan fingerprint density at radius 2 is 2.06 bits per heavy atom. The molecule has 0 aliphatic carbocycles. The molecule has 0 saturated carbocycles. The van der Waals surface area contributed by atoms with Crippen LogP contribution in [0.4, 0.5) is 0 Å². The molecule has 2 nitrogen and oxygen atoms in total.